The highest BCUT2D eigenvalue weighted by molar-refractivity contribution is 8.01. The molecule has 1 aliphatic rings. The number of nitrogens with zero attached hydrogens (tertiary/aromatic N) is 2. The molecule has 2 heterocycles. The molecule has 1 amide bonds. The van der Waals surface area contributed by atoms with Crippen molar-refractivity contribution in [1.82, 2.24) is 14.9 Å². The summed E-state index contributed by atoms with van der Waals surface area (Å²) in [6, 6.07) is 29.6. The summed E-state index contributed by atoms with van der Waals surface area (Å²) in [6.07, 6.45) is -1.15. The van der Waals surface area contributed by atoms with Crippen LogP contribution in [-0.4, -0.2) is 47.5 Å². The van der Waals surface area contributed by atoms with E-state index in [2.05, 4.69) is 27.2 Å². The van der Waals surface area contributed by atoms with Crippen molar-refractivity contribution in [1.29, 1.82) is 0 Å². The number of anilines is 1. The Balaban J connectivity index is 1.23. The highest BCUT2D eigenvalue weighted by Crippen LogP contribution is 2.43. The molecule has 4 aromatic carbocycles. The second-order valence-corrected chi connectivity index (χ2v) is 16.7. The number of rotatable bonds is 13. The molecule has 1 aliphatic heterocycles. The van der Waals surface area contributed by atoms with Gasteiger partial charge in [-0.3, -0.25) is 4.79 Å². The first-order chi connectivity index (χ1) is 24.6. The lowest BCUT2D eigenvalue weighted by atomic mass is 9.91. The smallest absolute Gasteiger partial charge is 0.242 e. The van der Waals surface area contributed by atoms with E-state index in [1.807, 2.05) is 74.5 Å². The quantitative estimate of drug-likeness (QED) is 0.112. The number of benzene rings is 4. The van der Waals surface area contributed by atoms with Gasteiger partial charge in [0, 0.05) is 22.9 Å². The number of aromatic nitrogens is 2. The molecule has 1 fully saturated rings. The lowest BCUT2D eigenvalue weighted by molar-refractivity contribution is -0.268. The van der Waals surface area contributed by atoms with Crippen LogP contribution in [0.3, 0.4) is 0 Å². The van der Waals surface area contributed by atoms with Gasteiger partial charge >= 0.3 is 0 Å². The summed E-state index contributed by atoms with van der Waals surface area (Å²) in [5, 5.41) is 21.8. The number of aliphatic hydroxyl groups excluding tert-OH is 1. The molecule has 1 unspecified atom stereocenters. The molecule has 0 aliphatic carbocycles. The minimum Gasteiger partial charge on any atom is -0.392 e. The lowest BCUT2D eigenvalue weighted by Crippen LogP contribution is -2.45. The van der Waals surface area contributed by atoms with Gasteiger partial charge in [-0.25, -0.2) is 8.42 Å². The molecule has 266 valence electrons. The summed E-state index contributed by atoms with van der Waals surface area (Å²) in [5.74, 6) is 0.0970. The number of hydrogen-bond acceptors (Lipinski definition) is 10. The topological polar surface area (TPSA) is 140 Å². The third kappa shape index (κ3) is 9.49. The van der Waals surface area contributed by atoms with Gasteiger partial charge < -0.3 is 19.9 Å². The van der Waals surface area contributed by atoms with Gasteiger partial charge in [-0.15, -0.1) is 10.2 Å². The third-order valence-corrected chi connectivity index (χ3v) is 12.2. The summed E-state index contributed by atoms with van der Waals surface area (Å²) in [7, 11) is -4.01. The maximum Gasteiger partial charge on any atom is 0.242 e. The Morgan fingerprint density at radius 2 is 1.65 bits per heavy atom. The number of sulfonamides is 1. The maximum absolute atomic E-state index is 13.8. The standard InChI is InChI=1S/C38H40N4O6S3/c1-24-12-18-32(19-13-24)51(45,46)42-33(20-27-8-5-4-6-9-27)36(44)39-31-11-7-10-30(21-31)37-47-34(23-49-38-41-40-26(3)50-38)25(2)35(48-37)29-16-14-28(22-43)15-17-29/h4-19,21,25,33-35,37,42-43H,20,22-23H2,1-3H3,(H,39,44)/t25-,33+,34+,35+,37?/m0/s1. The first kappa shape index (κ1) is 36.8. The van der Waals surface area contributed by atoms with E-state index in [-0.39, 0.29) is 36.0 Å². The molecule has 0 saturated carbocycles. The van der Waals surface area contributed by atoms with Crippen LogP contribution < -0.4 is 10.0 Å². The minimum atomic E-state index is -4.01. The zero-order chi connectivity index (χ0) is 36.0. The third-order valence-electron chi connectivity index (χ3n) is 8.66. The second kappa shape index (κ2) is 16.6. The fraction of sp³-hybridized carbons (Fsp3) is 0.289. The monoisotopic (exact) mass is 744 g/mol. The minimum absolute atomic E-state index is 0.0223. The summed E-state index contributed by atoms with van der Waals surface area (Å²) < 4.78 is 43.5. The molecular weight excluding hydrogens is 705 g/mol. The van der Waals surface area contributed by atoms with Gasteiger partial charge in [0.15, 0.2) is 10.6 Å². The summed E-state index contributed by atoms with van der Waals surface area (Å²) in [6.45, 7) is 5.85. The molecule has 13 heteroatoms. The molecule has 10 nitrogen and oxygen atoms in total. The van der Waals surface area contributed by atoms with E-state index in [9.17, 15) is 18.3 Å². The van der Waals surface area contributed by atoms with Crippen LogP contribution in [0.5, 0.6) is 0 Å². The first-order valence-electron chi connectivity index (χ1n) is 16.6. The number of thioether (sulfide) groups is 1. The molecule has 51 heavy (non-hydrogen) atoms. The van der Waals surface area contributed by atoms with Crippen LogP contribution in [0.2, 0.25) is 0 Å². The average Bonchev–Trinajstić information content (AvgIpc) is 3.56. The van der Waals surface area contributed by atoms with Crippen molar-refractivity contribution in [3.05, 3.63) is 136 Å². The molecule has 0 radical (unpaired) electrons. The Kier molecular flexibility index (Phi) is 12.0. The van der Waals surface area contributed by atoms with E-state index in [0.29, 0.717) is 17.0 Å². The van der Waals surface area contributed by atoms with Crippen molar-refractivity contribution < 1.29 is 27.8 Å². The van der Waals surface area contributed by atoms with Crippen molar-refractivity contribution in [2.75, 3.05) is 11.1 Å². The molecular formula is C38H40N4O6S3. The normalized spacial score (nSPS) is 19.8. The van der Waals surface area contributed by atoms with E-state index in [1.54, 1.807) is 42.1 Å². The van der Waals surface area contributed by atoms with Gasteiger partial charge in [-0.2, -0.15) is 4.72 Å². The van der Waals surface area contributed by atoms with Crippen LogP contribution in [0.4, 0.5) is 5.69 Å². The highest BCUT2D eigenvalue weighted by atomic mass is 32.2. The van der Waals surface area contributed by atoms with Crippen LogP contribution in [0.25, 0.3) is 0 Å². The molecule has 1 aromatic heterocycles. The molecule has 0 spiro atoms. The number of aryl methyl sites for hydroxylation is 2. The van der Waals surface area contributed by atoms with Gasteiger partial charge in [0.2, 0.25) is 15.9 Å². The van der Waals surface area contributed by atoms with Gasteiger partial charge in [0.05, 0.1) is 23.7 Å². The molecule has 0 bridgehead atoms. The average molecular weight is 745 g/mol. The largest absolute Gasteiger partial charge is 0.392 e. The first-order valence-corrected chi connectivity index (χ1v) is 19.8. The van der Waals surface area contributed by atoms with E-state index in [4.69, 9.17) is 9.47 Å². The van der Waals surface area contributed by atoms with E-state index >= 15 is 0 Å². The number of hydrogen-bond donors (Lipinski definition) is 3. The van der Waals surface area contributed by atoms with Crippen molar-refractivity contribution in [2.24, 2.45) is 5.92 Å². The Morgan fingerprint density at radius 1 is 0.902 bits per heavy atom. The Bertz CT molecular complexity index is 2020. The SMILES string of the molecule is Cc1ccc(S(=O)(=O)N[C@H](Cc2ccccc2)C(=O)Nc2cccc(C3O[C@H](CSc4nnc(C)s4)[C@H](C)[C@H](c4ccc(CO)cc4)O3)c2)cc1. The number of carbonyl (C=O) groups is 1. The Labute approximate surface area is 306 Å². The fourth-order valence-corrected chi connectivity index (χ4v) is 9.00. The highest BCUT2D eigenvalue weighted by Gasteiger charge is 2.38. The lowest BCUT2D eigenvalue weighted by Gasteiger charge is -2.41. The Morgan fingerprint density at radius 3 is 2.33 bits per heavy atom. The zero-order valence-electron chi connectivity index (χ0n) is 28.4. The predicted molar refractivity (Wildman–Crippen MR) is 199 cm³/mol. The molecule has 3 N–H and O–H groups in total. The zero-order valence-corrected chi connectivity index (χ0v) is 30.9. The number of carbonyl (C=O) groups excluding carboxylic acids is 1. The van der Waals surface area contributed by atoms with Crippen molar-refractivity contribution >= 4 is 44.7 Å². The predicted octanol–water partition coefficient (Wildman–Crippen LogP) is 6.76. The van der Waals surface area contributed by atoms with Gasteiger partial charge in [-0.1, -0.05) is 114 Å². The van der Waals surface area contributed by atoms with E-state index in [0.717, 1.165) is 31.6 Å². The molecule has 1 saturated heterocycles. The fourth-order valence-electron chi connectivity index (χ4n) is 5.80. The number of ether oxygens (including phenoxy) is 2. The molecule has 5 aromatic rings. The number of amides is 1. The van der Waals surface area contributed by atoms with Gasteiger partial charge in [-0.05, 0) is 61.2 Å². The second-order valence-electron chi connectivity index (χ2n) is 12.5. The Hall–Kier alpha value is -3.95. The maximum atomic E-state index is 13.8. The van der Waals surface area contributed by atoms with Crippen molar-refractivity contribution in [2.45, 2.75) is 67.6 Å². The van der Waals surface area contributed by atoms with Crippen LogP contribution >= 0.6 is 23.1 Å². The molecule has 5 atom stereocenters. The van der Waals surface area contributed by atoms with Crippen LogP contribution in [0.1, 0.15) is 52.1 Å². The van der Waals surface area contributed by atoms with Crippen LogP contribution in [0.15, 0.2) is 112 Å². The number of nitrogens with one attached hydrogen (secondary N) is 2. The van der Waals surface area contributed by atoms with Crippen molar-refractivity contribution in [3.63, 3.8) is 0 Å². The van der Waals surface area contributed by atoms with E-state index in [1.165, 1.54) is 23.5 Å². The van der Waals surface area contributed by atoms with Crippen LogP contribution in [0, 0.1) is 19.8 Å². The van der Waals surface area contributed by atoms with Gasteiger partial charge in [0.1, 0.15) is 11.0 Å². The summed E-state index contributed by atoms with van der Waals surface area (Å²) in [5.41, 5.74) is 4.67. The van der Waals surface area contributed by atoms with Gasteiger partial charge in [0.25, 0.3) is 0 Å². The summed E-state index contributed by atoms with van der Waals surface area (Å²) >= 11 is 3.13. The van der Waals surface area contributed by atoms with Crippen LogP contribution in [-0.2, 0) is 37.3 Å². The van der Waals surface area contributed by atoms with E-state index < -0.39 is 28.3 Å². The summed E-state index contributed by atoms with van der Waals surface area (Å²) in [4.78, 5) is 13.9. The van der Waals surface area contributed by atoms with Crippen molar-refractivity contribution in [3.8, 4) is 0 Å². The molecule has 6 rings (SSSR count). The number of aliphatic hydroxyl groups is 1.